The summed E-state index contributed by atoms with van der Waals surface area (Å²) in [6.45, 7) is 5.91. The third-order valence-corrected chi connectivity index (χ3v) is 4.80. The average molecular weight is 295 g/mol. The van der Waals surface area contributed by atoms with Crippen LogP contribution in [0.15, 0.2) is 30.3 Å². The van der Waals surface area contributed by atoms with Crippen LogP contribution in [-0.4, -0.2) is 0 Å². The number of rotatable bonds is 5. The largest absolute Gasteiger partial charge is 0.303 e. The van der Waals surface area contributed by atoms with Crippen molar-refractivity contribution in [1.82, 2.24) is 5.32 Å². The maximum Gasteiger partial charge on any atom is 0.130 e. The summed E-state index contributed by atoms with van der Waals surface area (Å²) in [6.07, 6.45) is 1.01. The minimum atomic E-state index is -0.502. The van der Waals surface area contributed by atoms with Crippen molar-refractivity contribution >= 4 is 11.3 Å². The van der Waals surface area contributed by atoms with Crippen LogP contribution in [0.3, 0.4) is 0 Å². The van der Waals surface area contributed by atoms with Crippen molar-refractivity contribution in [1.29, 1.82) is 0 Å². The molecule has 0 aliphatic carbocycles. The van der Waals surface area contributed by atoms with E-state index < -0.39 is 11.6 Å². The molecule has 1 N–H and O–H groups in total. The Hall–Kier alpha value is -1.26. The molecule has 1 aromatic carbocycles. The molecule has 0 radical (unpaired) electrons. The van der Waals surface area contributed by atoms with Gasteiger partial charge in [-0.05, 0) is 44.5 Å². The van der Waals surface area contributed by atoms with Gasteiger partial charge in [-0.25, -0.2) is 8.78 Å². The molecule has 0 spiro atoms. The third kappa shape index (κ3) is 3.25. The Labute approximate surface area is 122 Å². The maximum atomic E-state index is 13.7. The first-order chi connectivity index (χ1) is 9.52. The van der Waals surface area contributed by atoms with Gasteiger partial charge in [0.15, 0.2) is 0 Å². The van der Waals surface area contributed by atoms with E-state index in [0.717, 1.165) is 6.42 Å². The highest BCUT2D eigenvalue weighted by atomic mass is 32.1. The fourth-order valence-electron chi connectivity index (χ4n) is 2.28. The second-order valence-electron chi connectivity index (χ2n) is 4.90. The quantitative estimate of drug-likeness (QED) is 0.818. The smallest absolute Gasteiger partial charge is 0.130 e. The van der Waals surface area contributed by atoms with Gasteiger partial charge in [0.2, 0.25) is 0 Å². The molecule has 2 unspecified atom stereocenters. The van der Waals surface area contributed by atoms with Crippen molar-refractivity contribution in [2.24, 2.45) is 0 Å². The molecule has 2 aromatic rings. The van der Waals surface area contributed by atoms with E-state index >= 15 is 0 Å². The predicted molar refractivity (Wildman–Crippen MR) is 80.0 cm³/mol. The predicted octanol–water partition coefficient (Wildman–Crippen LogP) is 5.00. The van der Waals surface area contributed by atoms with Gasteiger partial charge in [-0.3, -0.25) is 0 Å². The Morgan fingerprint density at radius 3 is 2.25 bits per heavy atom. The number of thiophene rings is 1. The van der Waals surface area contributed by atoms with E-state index in [1.54, 1.807) is 18.3 Å². The van der Waals surface area contributed by atoms with Crippen LogP contribution in [0.25, 0.3) is 0 Å². The van der Waals surface area contributed by atoms with Gasteiger partial charge in [-0.2, -0.15) is 0 Å². The number of nitrogens with one attached hydrogen (secondary N) is 1. The van der Waals surface area contributed by atoms with Gasteiger partial charge in [-0.1, -0.05) is 13.0 Å². The molecule has 0 aliphatic rings. The van der Waals surface area contributed by atoms with Crippen molar-refractivity contribution in [2.45, 2.75) is 39.3 Å². The van der Waals surface area contributed by atoms with Crippen molar-refractivity contribution in [3.63, 3.8) is 0 Å². The first-order valence-corrected chi connectivity index (χ1v) is 7.63. The Kier molecular flexibility index (Phi) is 4.89. The second-order valence-corrected chi connectivity index (χ2v) is 6.10. The molecule has 2 atom stereocenters. The Balaban J connectivity index is 2.12. The zero-order valence-electron chi connectivity index (χ0n) is 11.9. The van der Waals surface area contributed by atoms with E-state index in [1.807, 2.05) is 6.92 Å². The SMILES string of the molecule is CCc1ccc(C(C)NC(C)c2c(F)cccc2F)s1. The molecule has 0 saturated heterocycles. The van der Waals surface area contributed by atoms with Gasteiger partial charge in [0, 0.05) is 27.4 Å². The minimum Gasteiger partial charge on any atom is -0.303 e. The van der Waals surface area contributed by atoms with Crippen LogP contribution in [-0.2, 0) is 6.42 Å². The molecular formula is C16H19F2NS. The summed E-state index contributed by atoms with van der Waals surface area (Å²) >= 11 is 1.74. The summed E-state index contributed by atoms with van der Waals surface area (Å²) in [5, 5.41) is 3.26. The number of hydrogen-bond acceptors (Lipinski definition) is 2. The normalized spacial score (nSPS) is 14.2. The summed E-state index contributed by atoms with van der Waals surface area (Å²) in [4.78, 5) is 2.50. The summed E-state index contributed by atoms with van der Waals surface area (Å²) in [6, 6.07) is 7.84. The zero-order chi connectivity index (χ0) is 14.7. The number of benzene rings is 1. The van der Waals surface area contributed by atoms with E-state index in [2.05, 4.69) is 24.4 Å². The standard InChI is InChI=1S/C16H19F2NS/c1-4-12-8-9-15(20-12)10(2)19-11(3)16-13(17)6-5-7-14(16)18/h5-11,19H,4H2,1-3H3. The summed E-state index contributed by atoms with van der Waals surface area (Å²) in [7, 11) is 0. The molecule has 108 valence electrons. The van der Waals surface area contributed by atoms with Gasteiger partial charge < -0.3 is 5.32 Å². The van der Waals surface area contributed by atoms with E-state index in [9.17, 15) is 8.78 Å². The van der Waals surface area contributed by atoms with Crippen LogP contribution in [0, 0.1) is 11.6 Å². The lowest BCUT2D eigenvalue weighted by Crippen LogP contribution is -2.23. The molecule has 0 bridgehead atoms. The highest BCUT2D eigenvalue weighted by Gasteiger charge is 2.18. The molecule has 20 heavy (non-hydrogen) atoms. The summed E-state index contributed by atoms with van der Waals surface area (Å²) in [5.41, 5.74) is 0.103. The first kappa shape index (κ1) is 15.1. The molecule has 4 heteroatoms. The number of halogens is 2. The third-order valence-electron chi connectivity index (χ3n) is 3.39. The lowest BCUT2D eigenvalue weighted by molar-refractivity contribution is 0.453. The fourth-order valence-corrected chi connectivity index (χ4v) is 3.25. The van der Waals surface area contributed by atoms with Crippen molar-refractivity contribution in [3.05, 3.63) is 57.3 Å². The lowest BCUT2D eigenvalue weighted by Gasteiger charge is -2.20. The number of aryl methyl sites for hydroxylation is 1. The monoisotopic (exact) mass is 295 g/mol. The molecule has 1 aromatic heterocycles. The van der Waals surface area contributed by atoms with Gasteiger partial charge in [0.05, 0.1) is 0 Å². The molecule has 1 nitrogen and oxygen atoms in total. The molecule has 0 fully saturated rings. The van der Waals surface area contributed by atoms with Crippen LogP contribution in [0.5, 0.6) is 0 Å². The topological polar surface area (TPSA) is 12.0 Å². The summed E-state index contributed by atoms with van der Waals surface area (Å²) in [5.74, 6) is -1.00. The Morgan fingerprint density at radius 2 is 1.70 bits per heavy atom. The van der Waals surface area contributed by atoms with Gasteiger partial charge in [0.1, 0.15) is 11.6 Å². The Bertz CT molecular complexity index is 559. The molecule has 1 heterocycles. The highest BCUT2D eigenvalue weighted by Crippen LogP contribution is 2.27. The van der Waals surface area contributed by atoms with Crippen molar-refractivity contribution < 1.29 is 8.78 Å². The number of hydrogen-bond donors (Lipinski definition) is 1. The molecule has 0 amide bonds. The minimum absolute atomic E-state index is 0.0642. The molecule has 0 aliphatic heterocycles. The van der Waals surface area contributed by atoms with E-state index in [4.69, 9.17) is 0 Å². The first-order valence-electron chi connectivity index (χ1n) is 6.81. The Morgan fingerprint density at radius 1 is 1.05 bits per heavy atom. The molecule has 2 rings (SSSR count). The molecule has 0 saturated carbocycles. The maximum absolute atomic E-state index is 13.7. The van der Waals surface area contributed by atoms with Gasteiger partial charge in [0.25, 0.3) is 0 Å². The van der Waals surface area contributed by atoms with Crippen LogP contribution in [0.4, 0.5) is 8.78 Å². The van der Waals surface area contributed by atoms with Crippen LogP contribution in [0.1, 0.15) is 48.2 Å². The molecular weight excluding hydrogens is 276 g/mol. The highest BCUT2D eigenvalue weighted by molar-refractivity contribution is 7.12. The zero-order valence-corrected chi connectivity index (χ0v) is 12.7. The van der Waals surface area contributed by atoms with Crippen LogP contribution < -0.4 is 5.32 Å². The summed E-state index contributed by atoms with van der Waals surface area (Å²) < 4.78 is 27.5. The fraction of sp³-hybridized carbons (Fsp3) is 0.375. The van der Waals surface area contributed by atoms with E-state index in [1.165, 1.54) is 28.0 Å². The van der Waals surface area contributed by atoms with Gasteiger partial charge in [-0.15, -0.1) is 11.3 Å². The average Bonchev–Trinajstić information content (AvgIpc) is 2.87. The van der Waals surface area contributed by atoms with E-state index in [-0.39, 0.29) is 17.6 Å². The van der Waals surface area contributed by atoms with E-state index in [0.29, 0.717) is 0 Å². The van der Waals surface area contributed by atoms with Crippen molar-refractivity contribution in [3.8, 4) is 0 Å². The second kappa shape index (κ2) is 6.46. The van der Waals surface area contributed by atoms with Crippen molar-refractivity contribution in [2.75, 3.05) is 0 Å². The lowest BCUT2D eigenvalue weighted by atomic mass is 10.1. The van der Waals surface area contributed by atoms with Crippen LogP contribution >= 0.6 is 11.3 Å². The van der Waals surface area contributed by atoms with Crippen LogP contribution in [0.2, 0.25) is 0 Å². The van der Waals surface area contributed by atoms with Gasteiger partial charge >= 0.3 is 0 Å².